The summed E-state index contributed by atoms with van der Waals surface area (Å²) in [4.78, 5) is 26.6. The van der Waals surface area contributed by atoms with Crippen molar-refractivity contribution in [2.24, 2.45) is 0 Å². The van der Waals surface area contributed by atoms with E-state index >= 15 is 0 Å². The summed E-state index contributed by atoms with van der Waals surface area (Å²) < 4.78 is 10.6. The zero-order valence-electron chi connectivity index (χ0n) is 13.5. The van der Waals surface area contributed by atoms with Crippen molar-refractivity contribution >= 4 is 34.7 Å². The summed E-state index contributed by atoms with van der Waals surface area (Å²) in [5, 5.41) is -0.291. The number of hydrogen-bond acceptors (Lipinski definition) is 5. The number of fused-ring (bicyclic) bond motifs is 1. The molecule has 1 fully saturated rings. The zero-order valence-corrected chi connectivity index (χ0v) is 14.3. The number of anilines is 1. The van der Waals surface area contributed by atoms with E-state index in [0.29, 0.717) is 22.1 Å². The molecule has 0 spiro atoms. The molecule has 1 saturated heterocycles. The Hall–Kier alpha value is -2.73. The van der Waals surface area contributed by atoms with Crippen molar-refractivity contribution < 1.29 is 19.1 Å². The molecule has 2 aliphatic heterocycles. The van der Waals surface area contributed by atoms with Gasteiger partial charge in [-0.05, 0) is 59.7 Å². The fraction of sp³-hybridized carbons (Fsp3) is 0.158. The maximum absolute atomic E-state index is 12.7. The Bertz CT molecular complexity index is 889. The Morgan fingerprint density at radius 3 is 2.60 bits per heavy atom. The number of benzene rings is 2. The van der Waals surface area contributed by atoms with Crippen molar-refractivity contribution in [2.45, 2.75) is 13.3 Å². The Balaban J connectivity index is 1.62. The fourth-order valence-electron chi connectivity index (χ4n) is 2.73. The van der Waals surface area contributed by atoms with Crippen molar-refractivity contribution in [1.82, 2.24) is 0 Å². The Kier molecular flexibility index (Phi) is 3.97. The van der Waals surface area contributed by atoms with Crippen LogP contribution in [0.5, 0.6) is 11.5 Å². The minimum atomic E-state index is -0.308. The first-order chi connectivity index (χ1) is 12.2. The standard InChI is InChI=1S/C19H15NO4S/c1-2-12-3-6-14(7-4-12)20-18(21)17(25-19(20)22)10-13-5-8-15-16(9-13)24-11-23-15/h3-10H,2,11H2,1H3/b17-10-. The van der Waals surface area contributed by atoms with E-state index < -0.39 is 0 Å². The first kappa shape index (κ1) is 15.8. The monoisotopic (exact) mass is 353 g/mol. The maximum Gasteiger partial charge on any atom is 0.298 e. The van der Waals surface area contributed by atoms with Gasteiger partial charge in [0.05, 0.1) is 10.6 Å². The second-order valence-corrected chi connectivity index (χ2v) is 6.64. The largest absolute Gasteiger partial charge is 0.454 e. The SMILES string of the molecule is CCc1ccc(N2C(=O)S/C(=C\c3ccc4c(c3)OCO4)C2=O)cc1. The number of carbonyl (C=O) groups excluding carboxylic acids is 2. The van der Waals surface area contributed by atoms with Gasteiger partial charge in [-0.1, -0.05) is 25.1 Å². The van der Waals surface area contributed by atoms with Crippen molar-refractivity contribution in [3.63, 3.8) is 0 Å². The predicted molar refractivity (Wildman–Crippen MR) is 96.8 cm³/mol. The minimum absolute atomic E-state index is 0.197. The van der Waals surface area contributed by atoms with Crippen LogP contribution >= 0.6 is 11.8 Å². The molecule has 25 heavy (non-hydrogen) atoms. The number of rotatable bonds is 3. The van der Waals surface area contributed by atoms with Gasteiger partial charge >= 0.3 is 0 Å². The summed E-state index contributed by atoms with van der Waals surface area (Å²) in [5.74, 6) is 1.02. The summed E-state index contributed by atoms with van der Waals surface area (Å²) in [6.45, 7) is 2.26. The van der Waals surface area contributed by atoms with Gasteiger partial charge in [0.25, 0.3) is 11.1 Å². The molecule has 4 rings (SSSR count). The van der Waals surface area contributed by atoms with Crippen molar-refractivity contribution in [1.29, 1.82) is 0 Å². The minimum Gasteiger partial charge on any atom is -0.454 e. The number of thioether (sulfide) groups is 1. The van der Waals surface area contributed by atoms with E-state index in [1.54, 1.807) is 30.3 Å². The zero-order chi connectivity index (χ0) is 17.4. The van der Waals surface area contributed by atoms with Crippen LogP contribution in [0.25, 0.3) is 6.08 Å². The van der Waals surface area contributed by atoms with E-state index in [4.69, 9.17) is 9.47 Å². The topological polar surface area (TPSA) is 55.8 Å². The molecule has 0 saturated carbocycles. The van der Waals surface area contributed by atoms with Gasteiger partial charge in [0.1, 0.15) is 0 Å². The fourth-order valence-corrected chi connectivity index (χ4v) is 3.57. The maximum atomic E-state index is 12.7. The van der Waals surface area contributed by atoms with E-state index in [0.717, 1.165) is 29.3 Å². The lowest BCUT2D eigenvalue weighted by Gasteiger charge is -2.12. The van der Waals surface area contributed by atoms with E-state index in [-0.39, 0.29) is 17.9 Å². The quantitative estimate of drug-likeness (QED) is 0.774. The van der Waals surface area contributed by atoms with Gasteiger partial charge in [-0.3, -0.25) is 9.59 Å². The predicted octanol–water partition coefficient (Wildman–Crippen LogP) is 4.22. The van der Waals surface area contributed by atoms with Crippen LogP contribution in [-0.2, 0) is 11.2 Å². The lowest BCUT2D eigenvalue weighted by molar-refractivity contribution is -0.113. The highest BCUT2D eigenvalue weighted by molar-refractivity contribution is 8.19. The van der Waals surface area contributed by atoms with Crippen LogP contribution in [0.2, 0.25) is 0 Å². The summed E-state index contributed by atoms with van der Waals surface area (Å²) in [6.07, 6.45) is 2.61. The molecule has 0 bridgehead atoms. The summed E-state index contributed by atoms with van der Waals surface area (Å²) in [5.41, 5.74) is 2.54. The molecule has 0 N–H and O–H groups in total. The summed E-state index contributed by atoms with van der Waals surface area (Å²) >= 11 is 0.941. The Morgan fingerprint density at radius 1 is 1.08 bits per heavy atom. The van der Waals surface area contributed by atoms with Crippen LogP contribution in [0.4, 0.5) is 10.5 Å². The summed E-state index contributed by atoms with van der Waals surface area (Å²) in [7, 11) is 0. The third kappa shape index (κ3) is 2.89. The molecule has 2 aliphatic rings. The number of ether oxygens (including phenoxy) is 2. The molecule has 2 amide bonds. The smallest absolute Gasteiger partial charge is 0.298 e. The number of imide groups is 1. The highest BCUT2D eigenvalue weighted by Crippen LogP contribution is 2.38. The number of carbonyl (C=O) groups is 2. The Morgan fingerprint density at radius 2 is 1.84 bits per heavy atom. The molecule has 0 aromatic heterocycles. The lowest BCUT2D eigenvalue weighted by Crippen LogP contribution is -2.27. The van der Waals surface area contributed by atoms with Gasteiger partial charge in [-0.2, -0.15) is 0 Å². The first-order valence-electron chi connectivity index (χ1n) is 7.92. The normalized spacial score (nSPS) is 17.6. The van der Waals surface area contributed by atoms with Crippen LogP contribution in [0.15, 0.2) is 47.4 Å². The van der Waals surface area contributed by atoms with Gasteiger partial charge in [-0.15, -0.1) is 0 Å². The van der Waals surface area contributed by atoms with Crippen LogP contribution in [0, 0.1) is 0 Å². The average Bonchev–Trinajstić information content (AvgIpc) is 3.19. The van der Waals surface area contributed by atoms with Crippen LogP contribution < -0.4 is 14.4 Å². The van der Waals surface area contributed by atoms with E-state index in [1.165, 1.54) is 4.90 Å². The first-order valence-corrected chi connectivity index (χ1v) is 8.74. The second-order valence-electron chi connectivity index (χ2n) is 5.65. The van der Waals surface area contributed by atoms with Gasteiger partial charge in [0.2, 0.25) is 6.79 Å². The van der Waals surface area contributed by atoms with E-state index in [1.807, 2.05) is 18.2 Å². The highest BCUT2D eigenvalue weighted by atomic mass is 32.2. The van der Waals surface area contributed by atoms with Crippen molar-refractivity contribution in [3.05, 3.63) is 58.5 Å². The van der Waals surface area contributed by atoms with Crippen LogP contribution in [-0.4, -0.2) is 17.9 Å². The average molecular weight is 353 g/mol. The van der Waals surface area contributed by atoms with Gasteiger partial charge < -0.3 is 9.47 Å². The molecule has 2 aromatic rings. The van der Waals surface area contributed by atoms with E-state index in [2.05, 4.69) is 6.92 Å². The Labute approximate surface area is 149 Å². The lowest BCUT2D eigenvalue weighted by atomic mass is 10.1. The molecule has 2 aromatic carbocycles. The summed E-state index contributed by atoms with van der Waals surface area (Å²) in [6, 6.07) is 12.9. The van der Waals surface area contributed by atoms with Crippen LogP contribution in [0.1, 0.15) is 18.1 Å². The third-order valence-electron chi connectivity index (χ3n) is 4.09. The molecule has 126 valence electrons. The number of nitrogens with zero attached hydrogens (tertiary/aromatic N) is 1. The molecule has 6 heteroatoms. The molecular formula is C19H15NO4S. The molecule has 0 atom stereocenters. The number of hydrogen-bond donors (Lipinski definition) is 0. The van der Waals surface area contributed by atoms with E-state index in [9.17, 15) is 9.59 Å². The number of aryl methyl sites for hydroxylation is 1. The van der Waals surface area contributed by atoms with Gasteiger partial charge in [0.15, 0.2) is 11.5 Å². The molecule has 5 nitrogen and oxygen atoms in total. The van der Waals surface area contributed by atoms with Crippen molar-refractivity contribution in [3.8, 4) is 11.5 Å². The molecular weight excluding hydrogens is 338 g/mol. The van der Waals surface area contributed by atoms with Gasteiger partial charge in [0, 0.05) is 0 Å². The molecule has 0 unspecified atom stereocenters. The van der Waals surface area contributed by atoms with Crippen LogP contribution in [0.3, 0.4) is 0 Å². The number of amides is 2. The molecule has 0 radical (unpaired) electrons. The molecule has 2 heterocycles. The second kappa shape index (κ2) is 6.29. The highest BCUT2D eigenvalue weighted by Gasteiger charge is 2.36. The molecule has 0 aliphatic carbocycles. The third-order valence-corrected chi connectivity index (χ3v) is 4.96. The van der Waals surface area contributed by atoms with Gasteiger partial charge in [-0.25, -0.2) is 4.90 Å². The van der Waals surface area contributed by atoms with Crippen molar-refractivity contribution in [2.75, 3.05) is 11.7 Å².